The molecule has 2 N–H and O–H groups in total. The number of nitrogens with zero attached hydrogens (tertiary/aromatic N) is 3. The molecule has 9 heteroatoms. The van der Waals surface area contributed by atoms with Gasteiger partial charge in [-0.15, -0.1) is 0 Å². The first-order valence-corrected chi connectivity index (χ1v) is 6.88. The minimum Gasteiger partial charge on any atom is -0.475 e. The van der Waals surface area contributed by atoms with Crippen molar-refractivity contribution in [2.24, 2.45) is 5.92 Å². The number of aromatic nitrogens is 1. The van der Waals surface area contributed by atoms with Crippen LogP contribution in [0.5, 0.6) is 0 Å². The number of carboxylic acid groups (broad SMARTS) is 1. The minimum atomic E-state index is -5.08. The standard InChI is InChI=1S/C12H14N4.C2HF3O2/c1-8-9(3-13)2-11(5-15-8)16-7-10-4-14-6-12(10)16;3-2(4,5)1(6)7/h2,5,10,12,14H,4,6-7H2,1H3;(H,6,7)/t10-,12-;/m1./s1. The zero-order valence-electron chi connectivity index (χ0n) is 12.3. The molecule has 0 saturated carbocycles. The quantitative estimate of drug-likeness (QED) is 0.808. The molecule has 3 heterocycles. The molecule has 124 valence electrons. The summed E-state index contributed by atoms with van der Waals surface area (Å²) in [6.07, 6.45) is -3.20. The number of carboxylic acids is 1. The molecule has 2 fully saturated rings. The molecule has 2 atom stereocenters. The summed E-state index contributed by atoms with van der Waals surface area (Å²) >= 11 is 0. The zero-order valence-corrected chi connectivity index (χ0v) is 12.3. The number of hydrogen-bond acceptors (Lipinski definition) is 5. The summed E-state index contributed by atoms with van der Waals surface area (Å²) in [4.78, 5) is 15.5. The van der Waals surface area contributed by atoms with Crippen LogP contribution >= 0.6 is 0 Å². The molecule has 2 aliphatic rings. The number of pyridine rings is 1. The number of alkyl halides is 3. The van der Waals surface area contributed by atoms with Gasteiger partial charge in [0.1, 0.15) is 6.07 Å². The van der Waals surface area contributed by atoms with E-state index < -0.39 is 12.1 Å². The van der Waals surface area contributed by atoms with Crippen LogP contribution < -0.4 is 10.2 Å². The maximum atomic E-state index is 10.6. The van der Waals surface area contributed by atoms with Gasteiger partial charge >= 0.3 is 12.1 Å². The molecule has 0 radical (unpaired) electrons. The summed E-state index contributed by atoms with van der Waals surface area (Å²) in [5.74, 6) is -1.97. The molecule has 0 aromatic carbocycles. The summed E-state index contributed by atoms with van der Waals surface area (Å²) in [7, 11) is 0. The fourth-order valence-corrected chi connectivity index (χ4v) is 2.61. The Bertz CT molecular complexity index is 642. The van der Waals surface area contributed by atoms with Crippen molar-refractivity contribution in [3.05, 3.63) is 23.5 Å². The van der Waals surface area contributed by atoms with Crippen LogP contribution in [0.15, 0.2) is 12.3 Å². The van der Waals surface area contributed by atoms with Crippen molar-refractivity contribution in [3.63, 3.8) is 0 Å². The summed E-state index contributed by atoms with van der Waals surface area (Å²) in [5, 5.41) is 19.5. The second-order valence-corrected chi connectivity index (χ2v) is 5.38. The lowest BCUT2D eigenvalue weighted by atomic mass is 9.91. The predicted molar refractivity (Wildman–Crippen MR) is 74.9 cm³/mol. The van der Waals surface area contributed by atoms with Crippen LogP contribution in [0.25, 0.3) is 0 Å². The fraction of sp³-hybridized carbons (Fsp3) is 0.500. The molecule has 23 heavy (non-hydrogen) atoms. The van der Waals surface area contributed by atoms with Crippen molar-refractivity contribution >= 4 is 11.7 Å². The smallest absolute Gasteiger partial charge is 0.475 e. The Balaban J connectivity index is 0.000000236. The zero-order chi connectivity index (χ0) is 17.2. The highest BCUT2D eigenvalue weighted by molar-refractivity contribution is 5.73. The van der Waals surface area contributed by atoms with E-state index in [4.69, 9.17) is 15.2 Å². The predicted octanol–water partition coefficient (Wildman–Crippen LogP) is 1.30. The van der Waals surface area contributed by atoms with E-state index in [1.54, 1.807) is 0 Å². The van der Waals surface area contributed by atoms with Gasteiger partial charge in [0.2, 0.25) is 0 Å². The van der Waals surface area contributed by atoms with Gasteiger partial charge in [0, 0.05) is 31.6 Å². The van der Waals surface area contributed by atoms with Crippen molar-refractivity contribution < 1.29 is 23.1 Å². The third-order valence-electron chi connectivity index (χ3n) is 3.90. The van der Waals surface area contributed by atoms with E-state index in [0.29, 0.717) is 11.6 Å². The highest BCUT2D eigenvalue weighted by atomic mass is 19.4. The SMILES string of the molecule is Cc1ncc(N2C[C@H]3CNC[C@H]32)cc1C#N.O=C(O)C(F)(F)F. The van der Waals surface area contributed by atoms with E-state index >= 15 is 0 Å². The van der Waals surface area contributed by atoms with Gasteiger partial charge in [-0.3, -0.25) is 4.98 Å². The highest BCUT2D eigenvalue weighted by Gasteiger charge is 2.42. The Morgan fingerprint density at radius 1 is 1.52 bits per heavy atom. The summed E-state index contributed by atoms with van der Waals surface area (Å²) < 4.78 is 31.7. The molecule has 1 aromatic heterocycles. The van der Waals surface area contributed by atoms with Gasteiger partial charge in [0.05, 0.1) is 23.1 Å². The van der Waals surface area contributed by atoms with Gasteiger partial charge in [-0.25, -0.2) is 4.79 Å². The summed E-state index contributed by atoms with van der Waals surface area (Å²) in [6.45, 7) is 5.15. The van der Waals surface area contributed by atoms with Crippen LogP contribution in [0.1, 0.15) is 11.3 Å². The van der Waals surface area contributed by atoms with Crippen molar-refractivity contribution in [1.29, 1.82) is 5.26 Å². The van der Waals surface area contributed by atoms with Crippen LogP contribution in [-0.4, -0.2) is 47.9 Å². The molecule has 2 saturated heterocycles. The van der Waals surface area contributed by atoms with Gasteiger partial charge in [0.15, 0.2) is 0 Å². The van der Waals surface area contributed by atoms with Crippen LogP contribution in [0, 0.1) is 24.2 Å². The summed E-state index contributed by atoms with van der Waals surface area (Å²) in [6, 6.07) is 4.76. The number of anilines is 1. The van der Waals surface area contributed by atoms with Gasteiger partial charge in [0.25, 0.3) is 0 Å². The van der Waals surface area contributed by atoms with Crippen molar-refractivity contribution in [2.75, 3.05) is 24.5 Å². The van der Waals surface area contributed by atoms with E-state index in [1.165, 1.54) is 0 Å². The van der Waals surface area contributed by atoms with Crippen molar-refractivity contribution in [3.8, 4) is 6.07 Å². The molecule has 2 aliphatic heterocycles. The largest absolute Gasteiger partial charge is 0.490 e. The number of halogens is 3. The van der Waals surface area contributed by atoms with E-state index in [0.717, 1.165) is 36.9 Å². The van der Waals surface area contributed by atoms with Crippen LogP contribution in [0.2, 0.25) is 0 Å². The number of nitrogens with one attached hydrogen (secondary N) is 1. The first-order valence-electron chi connectivity index (χ1n) is 6.88. The lowest BCUT2D eigenvalue weighted by Crippen LogP contribution is -2.55. The Labute approximate surface area is 130 Å². The number of aliphatic carboxylic acids is 1. The second kappa shape index (κ2) is 6.42. The molecule has 0 unspecified atom stereocenters. The Kier molecular flexibility index (Phi) is 4.75. The number of hydrogen-bond donors (Lipinski definition) is 2. The molecule has 0 bridgehead atoms. The van der Waals surface area contributed by atoms with Gasteiger partial charge < -0.3 is 15.3 Å². The Hall–Kier alpha value is -2.34. The maximum Gasteiger partial charge on any atom is 0.490 e. The normalized spacial score (nSPS) is 22.3. The highest BCUT2D eigenvalue weighted by Crippen LogP contribution is 2.33. The maximum absolute atomic E-state index is 10.6. The van der Waals surface area contributed by atoms with Crippen LogP contribution in [0.4, 0.5) is 18.9 Å². The number of carbonyl (C=O) groups is 1. The fourth-order valence-electron chi connectivity index (χ4n) is 2.61. The van der Waals surface area contributed by atoms with Crippen LogP contribution in [-0.2, 0) is 4.79 Å². The molecule has 0 spiro atoms. The van der Waals surface area contributed by atoms with Crippen LogP contribution in [0.3, 0.4) is 0 Å². The van der Waals surface area contributed by atoms with Crippen molar-refractivity contribution in [1.82, 2.24) is 10.3 Å². The number of nitriles is 1. The third kappa shape index (κ3) is 3.71. The van der Waals surface area contributed by atoms with Gasteiger partial charge in [-0.05, 0) is 13.0 Å². The Morgan fingerprint density at radius 2 is 2.17 bits per heavy atom. The molecular weight excluding hydrogens is 313 g/mol. The lowest BCUT2D eigenvalue weighted by molar-refractivity contribution is -0.192. The van der Waals surface area contributed by atoms with E-state index in [1.807, 2.05) is 19.2 Å². The molecule has 6 nitrogen and oxygen atoms in total. The molecule has 0 aliphatic carbocycles. The van der Waals surface area contributed by atoms with Gasteiger partial charge in [-0.1, -0.05) is 0 Å². The number of fused-ring (bicyclic) bond motifs is 1. The van der Waals surface area contributed by atoms with E-state index in [-0.39, 0.29) is 0 Å². The number of aryl methyl sites for hydroxylation is 1. The minimum absolute atomic E-state index is 0.607. The topological polar surface area (TPSA) is 89.3 Å². The monoisotopic (exact) mass is 328 g/mol. The molecule has 0 amide bonds. The number of rotatable bonds is 1. The molecular formula is C14H15F3N4O2. The average Bonchev–Trinajstić information content (AvgIpc) is 2.81. The summed E-state index contributed by atoms with van der Waals surface area (Å²) in [5.41, 5.74) is 2.59. The lowest BCUT2D eigenvalue weighted by Gasteiger charge is -2.45. The third-order valence-corrected chi connectivity index (χ3v) is 3.90. The first kappa shape index (κ1) is 17.0. The second-order valence-electron chi connectivity index (χ2n) is 5.38. The Morgan fingerprint density at radius 3 is 2.70 bits per heavy atom. The molecule has 3 rings (SSSR count). The van der Waals surface area contributed by atoms with E-state index in [2.05, 4.69) is 21.3 Å². The van der Waals surface area contributed by atoms with E-state index in [9.17, 15) is 13.2 Å². The average molecular weight is 328 g/mol. The molecule has 1 aromatic rings. The first-order chi connectivity index (χ1) is 10.7. The van der Waals surface area contributed by atoms with Gasteiger partial charge in [-0.2, -0.15) is 18.4 Å². The van der Waals surface area contributed by atoms with Crippen molar-refractivity contribution in [2.45, 2.75) is 19.1 Å².